The summed E-state index contributed by atoms with van der Waals surface area (Å²) in [5.74, 6) is 0.271. The maximum Gasteiger partial charge on any atom is 0.271 e. The number of hydrogen-bond donors (Lipinski definition) is 1. The molecule has 6 heteroatoms. The Labute approximate surface area is 161 Å². The molecule has 2 aromatic carbocycles. The van der Waals surface area contributed by atoms with E-state index >= 15 is 0 Å². The molecule has 3 fully saturated rings. The van der Waals surface area contributed by atoms with E-state index in [9.17, 15) is 9.18 Å². The fourth-order valence-corrected chi connectivity index (χ4v) is 5.10. The highest BCUT2D eigenvalue weighted by Gasteiger charge is 2.35. The van der Waals surface area contributed by atoms with E-state index in [0.29, 0.717) is 11.6 Å². The van der Waals surface area contributed by atoms with Crippen LogP contribution in [0.2, 0.25) is 0 Å². The summed E-state index contributed by atoms with van der Waals surface area (Å²) < 4.78 is 18.5. The second-order valence-corrected chi connectivity index (χ2v) is 8.27. The standard InChI is InChI=1S/C21H20FN3OS/c22-16-4-1-13(2-5-16)15-3-6-17-19(11-15)27-24-20(17)21(26)23-18-12-25-9-7-14(18)8-10-25/h1-6,11,14,18H,7-10,12H2,(H,23,26)/t18-/m1/s1. The molecule has 0 saturated carbocycles. The van der Waals surface area contributed by atoms with Gasteiger partial charge in [-0.25, -0.2) is 4.39 Å². The average Bonchev–Trinajstić information content (AvgIpc) is 3.13. The molecule has 3 aromatic rings. The Balaban J connectivity index is 1.39. The zero-order valence-electron chi connectivity index (χ0n) is 14.8. The van der Waals surface area contributed by atoms with Gasteiger partial charge >= 0.3 is 0 Å². The molecule has 4 heterocycles. The van der Waals surface area contributed by atoms with Crippen LogP contribution in [0.5, 0.6) is 0 Å². The van der Waals surface area contributed by atoms with E-state index < -0.39 is 0 Å². The topological polar surface area (TPSA) is 45.2 Å². The first-order valence-corrected chi connectivity index (χ1v) is 10.1. The minimum Gasteiger partial charge on any atom is -0.346 e. The summed E-state index contributed by atoms with van der Waals surface area (Å²) in [4.78, 5) is 15.3. The molecular weight excluding hydrogens is 361 g/mol. The highest BCUT2D eigenvalue weighted by atomic mass is 32.1. The Morgan fingerprint density at radius 1 is 1.11 bits per heavy atom. The third-order valence-electron chi connectivity index (χ3n) is 5.84. The van der Waals surface area contributed by atoms with Crippen LogP contribution < -0.4 is 5.32 Å². The smallest absolute Gasteiger partial charge is 0.271 e. The van der Waals surface area contributed by atoms with Gasteiger partial charge in [0.05, 0.1) is 4.70 Å². The number of carbonyl (C=O) groups is 1. The lowest BCUT2D eigenvalue weighted by atomic mass is 9.84. The van der Waals surface area contributed by atoms with Gasteiger partial charge in [0.2, 0.25) is 0 Å². The highest BCUT2D eigenvalue weighted by Crippen LogP contribution is 2.31. The molecule has 27 heavy (non-hydrogen) atoms. The predicted octanol–water partition coefficient (Wildman–Crippen LogP) is 3.93. The van der Waals surface area contributed by atoms with Gasteiger partial charge in [0, 0.05) is 18.0 Å². The van der Waals surface area contributed by atoms with Gasteiger partial charge in [0.15, 0.2) is 0 Å². The molecule has 3 saturated heterocycles. The monoisotopic (exact) mass is 381 g/mol. The summed E-state index contributed by atoms with van der Waals surface area (Å²) >= 11 is 1.34. The van der Waals surface area contributed by atoms with E-state index in [2.05, 4.69) is 14.6 Å². The number of carbonyl (C=O) groups excluding carboxylic acids is 1. The van der Waals surface area contributed by atoms with E-state index in [4.69, 9.17) is 0 Å². The molecular formula is C21H20FN3OS. The van der Waals surface area contributed by atoms with Crippen molar-refractivity contribution in [3.05, 3.63) is 54.0 Å². The number of hydrogen-bond acceptors (Lipinski definition) is 4. The summed E-state index contributed by atoms with van der Waals surface area (Å²) in [5.41, 5.74) is 2.46. The van der Waals surface area contributed by atoms with Gasteiger partial charge in [-0.1, -0.05) is 24.3 Å². The van der Waals surface area contributed by atoms with Crippen LogP contribution in [0, 0.1) is 11.7 Å². The number of piperidine rings is 3. The van der Waals surface area contributed by atoms with Crippen molar-refractivity contribution in [2.45, 2.75) is 18.9 Å². The second-order valence-electron chi connectivity index (χ2n) is 7.47. The Bertz CT molecular complexity index is 992. The number of fused-ring (bicyclic) bond motifs is 4. The zero-order valence-corrected chi connectivity index (χ0v) is 15.6. The number of halogens is 1. The Morgan fingerprint density at radius 2 is 1.85 bits per heavy atom. The van der Waals surface area contributed by atoms with E-state index in [1.165, 1.54) is 36.5 Å². The van der Waals surface area contributed by atoms with Gasteiger partial charge in [-0.2, -0.15) is 4.37 Å². The molecule has 2 bridgehead atoms. The van der Waals surface area contributed by atoms with E-state index in [1.54, 1.807) is 12.1 Å². The maximum absolute atomic E-state index is 13.1. The number of amides is 1. The molecule has 0 unspecified atom stereocenters. The van der Waals surface area contributed by atoms with Crippen molar-refractivity contribution in [1.82, 2.24) is 14.6 Å². The molecule has 1 aromatic heterocycles. The van der Waals surface area contributed by atoms with Crippen molar-refractivity contribution >= 4 is 27.5 Å². The van der Waals surface area contributed by atoms with Gasteiger partial charge in [0.1, 0.15) is 11.5 Å². The molecule has 1 amide bonds. The molecule has 138 valence electrons. The maximum atomic E-state index is 13.1. The fourth-order valence-electron chi connectivity index (χ4n) is 4.29. The van der Waals surface area contributed by atoms with Crippen LogP contribution in [0.25, 0.3) is 21.2 Å². The van der Waals surface area contributed by atoms with Gasteiger partial charge in [-0.15, -0.1) is 0 Å². The van der Waals surface area contributed by atoms with Crippen LogP contribution in [0.3, 0.4) is 0 Å². The third kappa shape index (κ3) is 3.13. The first-order valence-electron chi connectivity index (χ1n) is 9.36. The number of rotatable bonds is 3. The molecule has 0 aliphatic carbocycles. The first-order chi connectivity index (χ1) is 13.2. The summed E-state index contributed by atoms with van der Waals surface area (Å²) in [6.45, 7) is 3.26. The van der Waals surface area contributed by atoms with Gasteiger partial charge in [0.25, 0.3) is 5.91 Å². The molecule has 3 aliphatic rings. The van der Waals surface area contributed by atoms with Crippen LogP contribution in [0.15, 0.2) is 42.5 Å². The molecule has 1 N–H and O–H groups in total. The van der Waals surface area contributed by atoms with Crippen molar-refractivity contribution in [1.29, 1.82) is 0 Å². The summed E-state index contributed by atoms with van der Waals surface area (Å²) in [7, 11) is 0. The molecule has 0 spiro atoms. The van der Waals surface area contributed by atoms with Crippen LogP contribution in [-0.2, 0) is 0 Å². The van der Waals surface area contributed by atoms with Gasteiger partial charge in [-0.3, -0.25) is 4.79 Å². The second kappa shape index (κ2) is 6.69. The van der Waals surface area contributed by atoms with E-state index in [1.807, 2.05) is 18.2 Å². The number of aromatic nitrogens is 1. The van der Waals surface area contributed by atoms with Crippen molar-refractivity contribution in [2.75, 3.05) is 19.6 Å². The minimum atomic E-state index is -0.246. The molecule has 4 nitrogen and oxygen atoms in total. The van der Waals surface area contributed by atoms with Crippen LogP contribution in [0.1, 0.15) is 23.3 Å². The Hall–Kier alpha value is -2.31. The van der Waals surface area contributed by atoms with E-state index in [0.717, 1.165) is 40.8 Å². The van der Waals surface area contributed by atoms with E-state index in [-0.39, 0.29) is 17.8 Å². The summed E-state index contributed by atoms with van der Waals surface area (Å²) in [5, 5.41) is 4.10. The van der Waals surface area contributed by atoms with Crippen molar-refractivity contribution in [3.63, 3.8) is 0 Å². The van der Waals surface area contributed by atoms with Gasteiger partial charge in [-0.05, 0) is 72.7 Å². The quantitative estimate of drug-likeness (QED) is 0.748. The molecule has 1 atom stereocenters. The fraction of sp³-hybridized carbons (Fsp3) is 0.333. The lowest BCUT2D eigenvalue weighted by molar-refractivity contribution is 0.0619. The van der Waals surface area contributed by atoms with Crippen molar-refractivity contribution < 1.29 is 9.18 Å². The average molecular weight is 381 g/mol. The van der Waals surface area contributed by atoms with Crippen molar-refractivity contribution in [3.8, 4) is 11.1 Å². The number of nitrogens with zero attached hydrogens (tertiary/aromatic N) is 2. The predicted molar refractivity (Wildman–Crippen MR) is 105 cm³/mol. The molecule has 6 rings (SSSR count). The highest BCUT2D eigenvalue weighted by molar-refractivity contribution is 7.13. The number of benzene rings is 2. The third-order valence-corrected chi connectivity index (χ3v) is 6.65. The SMILES string of the molecule is O=C(N[C@@H]1CN2CCC1CC2)c1nsc2cc(-c3ccc(F)cc3)ccc12. The lowest BCUT2D eigenvalue weighted by Gasteiger charge is -2.44. The Morgan fingerprint density at radius 3 is 2.56 bits per heavy atom. The zero-order chi connectivity index (χ0) is 18.4. The van der Waals surface area contributed by atoms with Crippen LogP contribution in [-0.4, -0.2) is 40.9 Å². The lowest BCUT2D eigenvalue weighted by Crippen LogP contribution is -2.57. The minimum absolute atomic E-state index is 0.0745. The van der Waals surface area contributed by atoms with Crippen LogP contribution in [0.4, 0.5) is 4.39 Å². The van der Waals surface area contributed by atoms with Gasteiger partial charge < -0.3 is 10.2 Å². The first kappa shape index (κ1) is 16.8. The van der Waals surface area contributed by atoms with Crippen LogP contribution >= 0.6 is 11.5 Å². The molecule has 3 aliphatic heterocycles. The molecule has 0 radical (unpaired) electrons. The number of nitrogens with one attached hydrogen (secondary N) is 1. The summed E-state index contributed by atoms with van der Waals surface area (Å²) in [6.07, 6.45) is 2.34. The normalized spacial score (nSPS) is 24.3. The van der Waals surface area contributed by atoms with Crippen molar-refractivity contribution in [2.24, 2.45) is 5.92 Å². The largest absolute Gasteiger partial charge is 0.346 e. The summed E-state index contributed by atoms with van der Waals surface area (Å²) in [6, 6.07) is 12.6. The Kier molecular flexibility index (Phi) is 4.17.